The van der Waals surface area contributed by atoms with Crippen LogP contribution in [0.4, 0.5) is 0 Å². The molecule has 2 atom stereocenters. The predicted octanol–water partition coefficient (Wildman–Crippen LogP) is 1.03. The van der Waals surface area contributed by atoms with E-state index >= 15 is 0 Å². The Kier molecular flexibility index (Phi) is 5.27. The summed E-state index contributed by atoms with van der Waals surface area (Å²) in [6, 6.07) is 0.599. The molecular weight excluding hydrogens is 240 g/mol. The molecule has 1 heterocycles. The lowest BCUT2D eigenvalue weighted by atomic mass is 10.0. The van der Waals surface area contributed by atoms with Crippen molar-refractivity contribution in [2.75, 3.05) is 13.1 Å². The van der Waals surface area contributed by atoms with E-state index in [1.807, 2.05) is 4.68 Å². The molecule has 0 aromatic carbocycles. The molecule has 0 amide bonds. The van der Waals surface area contributed by atoms with Crippen LogP contribution < -0.4 is 5.73 Å². The minimum absolute atomic E-state index is 0.599. The maximum atomic E-state index is 5.90. The Morgan fingerprint density at radius 2 is 2.21 bits per heavy atom. The molecule has 1 aliphatic carbocycles. The summed E-state index contributed by atoms with van der Waals surface area (Å²) < 4.78 is 1.93. The fourth-order valence-corrected chi connectivity index (χ4v) is 3.14. The summed E-state index contributed by atoms with van der Waals surface area (Å²) in [6.07, 6.45) is 4.87. The van der Waals surface area contributed by atoms with E-state index in [4.69, 9.17) is 5.73 Å². The number of aromatic nitrogens is 4. The molecule has 1 fully saturated rings. The van der Waals surface area contributed by atoms with Crippen molar-refractivity contribution in [3.63, 3.8) is 0 Å². The van der Waals surface area contributed by atoms with Gasteiger partial charge in [0, 0.05) is 12.6 Å². The molecule has 0 bridgehead atoms. The summed E-state index contributed by atoms with van der Waals surface area (Å²) in [4.78, 5) is 2.49. The van der Waals surface area contributed by atoms with Gasteiger partial charge in [-0.3, -0.25) is 4.90 Å². The van der Waals surface area contributed by atoms with Gasteiger partial charge >= 0.3 is 0 Å². The number of hydrogen-bond acceptors (Lipinski definition) is 5. The molecule has 108 valence electrons. The molecule has 19 heavy (non-hydrogen) atoms. The van der Waals surface area contributed by atoms with Gasteiger partial charge in [0.15, 0.2) is 5.82 Å². The van der Waals surface area contributed by atoms with Crippen LogP contribution in [0, 0.1) is 5.92 Å². The highest BCUT2D eigenvalue weighted by molar-refractivity contribution is 4.89. The van der Waals surface area contributed by atoms with Gasteiger partial charge in [-0.15, -0.1) is 5.10 Å². The van der Waals surface area contributed by atoms with Gasteiger partial charge in [0.1, 0.15) is 0 Å². The molecule has 2 rings (SSSR count). The van der Waals surface area contributed by atoms with E-state index in [2.05, 4.69) is 34.3 Å². The molecule has 6 heteroatoms. The maximum Gasteiger partial charge on any atom is 0.165 e. The molecule has 0 spiro atoms. The van der Waals surface area contributed by atoms with E-state index in [-0.39, 0.29) is 0 Å². The smallest absolute Gasteiger partial charge is 0.165 e. The van der Waals surface area contributed by atoms with Gasteiger partial charge in [-0.25, -0.2) is 4.68 Å². The first-order valence-electron chi connectivity index (χ1n) is 7.49. The summed E-state index contributed by atoms with van der Waals surface area (Å²) in [5, 5.41) is 12.0. The molecule has 0 saturated heterocycles. The lowest BCUT2D eigenvalue weighted by molar-refractivity contribution is 0.155. The van der Waals surface area contributed by atoms with E-state index in [0.29, 0.717) is 12.0 Å². The van der Waals surface area contributed by atoms with Crippen LogP contribution in [0.2, 0.25) is 0 Å². The average molecular weight is 266 g/mol. The van der Waals surface area contributed by atoms with Gasteiger partial charge in [-0.1, -0.05) is 20.3 Å². The first kappa shape index (κ1) is 14.4. The summed E-state index contributed by atoms with van der Waals surface area (Å²) in [7, 11) is 0. The number of rotatable bonds is 7. The second-order valence-electron chi connectivity index (χ2n) is 5.38. The van der Waals surface area contributed by atoms with Crippen LogP contribution in [-0.4, -0.2) is 44.2 Å². The first-order valence-corrected chi connectivity index (χ1v) is 7.49. The summed E-state index contributed by atoms with van der Waals surface area (Å²) >= 11 is 0. The number of hydrogen-bond donors (Lipinski definition) is 1. The number of tetrazole rings is 1. The zero-order valence-electron chi connectivity index (χ0n) is 12.1. The summed E-state index contributed by atoms with van der Waals surface area (Å²) in [5.74, 6) is 1.61. The molecular formula is C13H26N6. The number of aryl methyl sites for hydroxylation is 1. The Balaban J connectivity index is 2.03. The third kappa shape index (κ3) is 3.30. The zero-order valence-corrected chi connectivity index (χ0v) is 12.1. The van der Waals surface area contributed by atoms with Crippen molar-refractivity contribution in [1.82, 2.24) is 25.1 Å². The van der Waals surface area contributed by atoms with Crippen molar-refractivity contribution in [3.8, 4) is 0 Å². The highest BCUT2D eigenvalue weighted by atomic mass is 15.5. The van der Waals surface area contributed by atoms with Crippen molar-refractivity contribution >= 4 is 0 Å². The highest BCUT2D eigenvalue weighted by Gasteiger charge is 2.31. The minimum Gasteiger partial charge on any atom is -0.330 e. The molecule has 2 N–H and O–H groups in total. The van der Waals surface area contributed by atoms with Crippen molar-refractivity contribution in [3.05, 3.63) is 5.82 Å². The first-order chi connectivity index (χ1) is 9.30. The largest absolute Gasteiger partial charge is 0.330 e. The Morgan fingerprint density at radius 1 is 1.37 bits per heavy atom. The third-order valence-corrected chi connectivity index (χ3v) is 4.18. The van der Waals surface area contributed by atoms with Crippen LogP contribution >= 0.6 is 0 Å². The molecule has 1 aliphatic rings. The Morgan fingerprint density at radius 3 is 2.89 bits per heavy atom. The topological polar surface area (TPSA) is 72.9 Å². The quantitative estimate of drug-likeness (QED) is 0.798. The molecule has 1 aromatic rings. The van der Waals surface area contributed by atoms with Crippen LogP contribution in [0.1, 0.15) is 45.4 Å². The minimum atomic E-state index is 0.599. The van der Waals surface area contributed by atoms with Crippen molar-refractivity contribution in [1.29, 1.82) is 0 Å². The van der Waals surface area contributed by atoms with Crippen LogP contribution in [0.15, 0.2) is 0 Å². The van der Waals surface area contributed by atoms with E-state index in [1.54, 1.807) is 0 Å². The number of nitrogens with zero attached hydrogens (tertiary/aromatic N) is 5. The molecule has 1 saturated carbocycles. The fourth-order valence-electron chi connectivity index (χ4n) is 3.14. The molecule has 1 aromatic heterocycles. The molecule has 0 aliphatic heterocycles. The maximum absolute atomic E-state index is 5.90. The lowest BCUT2D eigenvalue weighted by Gasteiger charge is -2.31. The van der Waals surface area contributed by atoms with Crippen molar-refractivity contribution < 1.29 is 0 Å². The lowest BCUT2D eigenvalue weighted by Crippen LogP contribution is -2.40. The Bertz CT molecular complexity index is 377. The molecule has 0 radical (unpaired) electrons. The van der Waals surface area contributed by atoms with E-state index in [1.165, 1.54) is 19.3 Å². The SMILES string of the molecule is CCCn1nnnc1CN(CC)C1CCCC1CN. The number of nitrogens with two attached hydrogens (primary N) is 1. The van der Waals surface area contributed by atoms with Crippen molar-refractivity contribution in [2.24, 2.45) is 11.7 Å². The van der Waals surface area contributed by atoms with Gasteiger partial charge in [0.25, 0.3) is 0 Å². The van der Waals surface area contributed by atoms with Gasteiger partial charge < -0.3 is 5.73 Å². The summed E-state index contributed by atoms with van der Waals surface area (Å²) in [6.45, 7) is 7.90. The molecule has 2 unspecified atom stereocenters. The Hall–Kier alpha value is -1.01. The van der Waals surface area contributed by atoms with Crippen molar-refractivity contribution in [2.45, 2.75) is 58.7 Å². The van der Waals surface area contributed by atoms with Gasteiger partial charge in [-0.05, 0) is 48.7 Å². The predicted molar refractivity (Wildman–Crippen MR) is 74.4 cm³/mol. The van der Waals surface area contributed by atoms with E-state index < -0.39 is 0 Å². The third-order valence-electron chi connectivity index (χ3n) is 4.18. The second kappa shape index (κ2) is 6.96. The van der Waals surface area contributed by atoms with Gasteiger partial charge in [-0.2, -0.15) is 0 Å². The zero-order chi connectivity index (χ0) is 13.7. The second-order valence-corrected chi connectivity index (χ2v) is 5.38. The fraction of sp³-hybridized carbons (Fsp3) is 0.923. The van der Waals surface area contributed by atoms with E-state index in [0.717, 1.165) is 38.4 Å². The van der Waals surface area contributed by atoms with E-state index in [9.17, 15) is 0 Å². The van der Waals surface area contributed by atoms with Gasteiger partial charge in [0.05, 0.1) is 6.54 Å². The van der Waals surface area contributed by atoms with Crippen LogP contribution in [0.25, 0.3) is 0 Å². The van der Waals surface area contributed by atoms with Gasteiger partial charge in [0.2, 0.25) is 0 Å². The van der Waals surface area contributed by atoms with Crippen LogP contribution in [0.5, 0.6) is 0 Å². The standard InChI is InChI=1S/C13H26N6/c1-3-8-19-13(15-16-17-19)10-18(4-2)12-7-5-6-11(12)9-14/h11-12H,3-10,14H2,1-2H3. The molecule has 6 nitrogen and oxygen atoms in total. The highest BCUT2D eigenvalue weighted by Crippen LogP contribution is 2.29. The normalized spacial score (nSPS) is 23.4. The van der Waals surface area contributed by atoms with Crippen LogP contribution in [-0.2, 0) is 13.1 Å². The van der Waals surface area contributed by atoms with Crippen LogP contribution in [0.3, 0.4) is 0 Å². The monoisotopic (exact) mass is 266 g/mol. The Labute approximate surface area is 115 Å². The average Bonchev–Trinajstić information content (AvgIpc) is 3.05. The summed E-state index contributed by atoms with van der Waals surface area (Å²) in [5.41, 5.74) is 5.90.